The number of nitrogens with one attached hydrogen (secondary N) is 2. The Balaban J connectivity index is 3.59. The summed E-state index contributed by atoms with van der Waals surface area (Å²) in [4.78, 5) is 22.5. The van der Waals surface area contributed by atoms with Crippen molar-refractivity contribution in [3.05, 3.63) is 0 Å². The summed E-state index contributed by atoms with van der Waals surface area (Å²) < 4.78 is 10.0. The third-order valence-electron chi connectivity index (χ3n) is 1.71. The lowest BCUT2D eigenvalue weighted by molar-refractivity contribution is -0.132. The Hall–Kier alpha value is -1.14. The summed E-state index contributed by atoms with van der Waals surface area (Å²) in [7, 11) is 1.55. The van der Waals surface area contributed by atoms with Crippen LogP contribution in [0.2, 0.25) is 0 Å². The van der Waals surface area contributed by atoms with E-state index in [9.17, 15) is 9.59 Å². The molecular formula is C11H22N2O4. The van der Waals surface area contributed by atoms with Crippen molar-refractivity contribution < 1.29 is 19.1 Å². The molecule has 17 heavy (non-hydrogen) atoms. The molecule has 0 unspecified atom stereocenters. The van der Waals surface area contributed by atoms with Gasteiger partial charge in [0.2, 0.25) is 11.8 Å². The summed E-state index contributed by atoms with van der Waals surface area (Å²) in [6.07, 6.45) is 0. The van der Waals surface area contributed by atoms with Crippen LogP contribution in [-0.4, -0.2) is 50.8 Å². The zero-order valence-electron chi connectivity index (χ0n) is 11.0. The largest absolute Gasteiger partial charge is 0.383 e. The summed E-state index contributed by atoms with van der Waals surface area (Å²) in [5.74, 6) is -0.548. The van der Waals surface area contributed by atoms with E-state index in [1.165, 1.54) is 0 Å². The molecule has 0 saturated carbocycles. The van der Waals surface area contributed by atoms with Crippen LogP contribution in [0, 0.1) is 0 Å². The van der Waals surface area contributed by atoms with Gasteiger partial charge in [0.1, 0.15) is 6.61 Å². The highest BCUT2D eigenvalue weighted by molar-refractivity contribution is 5.85. The third-order valence-corrected chi connectivity index (χ3v) is 1.71. The monoisotopic (exact) mass is 246 g/mol. The summed E-state index contributed by atoms with van der Waals surface area (Å²) >= 11 is 0. The molecule has 0 fully saturated rings. The lowest BCUT2D eigenvalue weighted by atomic mass is 10.2. The van der Waals surface area contributed by atoms with E-state index in [0.717, 1.165) is 0 Å². The Morgan fingerprint density at radius 3 is 2.29 bits per heavy atom. The topological polar surface area (TPSA) is 76.7 Å². The van der Waals surface area contributed by atoms with Crippen molar-refractivity contribution in [3.63, 3.8) is 0 Å². The molecule has 0 saturated heterocycles. The highest BCUT2D eigenvalue weighted by Gasteiger charge is 2.13. The van der Waals surface area contributed by atoms with Crippen molar-refractivity contribution in [1.82, 2.24) is 10.6 Å². The first kappa shape index (κ1) is 15.9. The molecule has 0 radical (unpaired) electrons. The number of methoxy groups -OCH3 is 1. The van der Waals surface area contributed by atoms with E-state index in [-0.39, 0.29) is 30.6 Å². The molecule has 0 aromatic heterocycles. The standard InChI is InChI=1S/C11H22N2O4/c1-11(2,3)17-8-10(15)13-7-9(14)12-5-6-16-4/h5-8H2,1-4H3,(H,12,14)(H,13,15). The van der Waals surface area contributed by atoms with Crippen molar-refractivity contribution >= 4 is 11.8 Å². The lowest BCUT2D eigenvalue weighted by Crippen LogP contribution is -2.40. The van der Waals surface area contributed by atoms with Gasteiger partial charge in [-0.05, 0) is 20.8 Å². The summed E-state index contributed by atoms with van der Waals surface area (Å²) in [6.45, 7) is 6.37. The van der Waals surface area contributed by atoms with E-state index in [2.05, 4.69) is 10.6 Å². The number of rotatable bonds is 7. The van der Waals surface area contributed by atoms with Gasteiger partial charge in [0.25, 0.3) is 0 Å². The third kappa shape index (κ3) is 11.1. The molecule has 0 spiro atoms. The van der Waals surface area contributed by atoms with Crippen LogP contribution < -0.4 is 10.6 Å². The molecule has 0 bridgehead atoms. The van der Waals surface area contributed by atoms with Crippen molar-refractivity contribution in [2.24, 2.45) is 0 Å². The Bertz CT molecular complexity index is 248. The molecule has 6 nitrogen and oxygen atoms in total. The maximum Gasteiger partial charge on any atom is 0.246 e. The van der Waals surface area contributed by atoms with Crippen LogP contribution >= 0.6 is 0 Å². The number of amides is 2. The van der Waals surface area contributed by atoms with E-state index >= 15 is 0 Å². The van der Waals surface area contributed by atoms with Gasteiger partial charge in [-0.1, -0.05) is 0 Å². The van der Waals surface area contributed by atoms with E-state index in [1.54, 1.807) is 7.11 Å². The van der Waals surface area contributed by atoms with Crippen LogP contribution in [0.15, 0.2) is 0 Å². The second kappa shape index (κ2) is 8.03. The van der Waals surface area contributed by atoms with Gasteiger partial charge in [-0.3, -0.25) is 9.59 Å². The van der Waals surface area contributed by atoms with Gasteiger partial charge in [-0.2, -0.15) is 0 Å². The van der Waals surface area contributed by atoms with Gasteiger partial charge in [-0.15, -0.1) is 0 Å². The lowest BCUT2D eigenvalue weighted by Gasteiger charge is -2.18. The first-order valence-electron chi connectivity index (χ1n) is 5.51. The smallest absolute Gasteiger partial charge is 0.246 e. The maximum atomic E-state index is 11.3. The SMILES string of the molecule is COCCNC(=O)CNC(=O)COC(C)(C)C. The van der Waals surface area contributed by atoms with Gasteiger partial charge < -0.3 is 20.1 Å². The molecule has 0 aromatic carbocycles. The molecule has 0 aliphatic heterocycles. The first-order valence-corrected chi connectivity index (χ1v) is 5.51. The number of hydrogen-bond acceptors (Lipinski definition) is 4. The molecule has 0 atom stereocenters. The minimum absolute atomic E-state index is 0.0456. The van der Waals surface area contributed by atoms with Gasteiger partial charge in [0.05, 0.1) is 18.8 Å². The summed E-state index contributed by atoms with van der Waals surface area (Å²) in [5.41, 5.74) is -0.363. The van der Waals surface area contributed by atoms with Crippen LogP contribution in [0.4, 0.5) is 0 Å². The number of ether oxygens (including phenoxy) is 2. The first-order chi connectivity index (χ1) is 7.85. The fourth-order valence-electron chi connectivity index (χ4n) is 0.867. The molecule has 2 amide bonds. The molecule has 0 rings (SSSR count). The van der Waals surface area contributed by atoms with Crippen LogP contribution in [-0.2, 0) is 19.1 Å². The quantitative estimate of drug-likeness (QED) is 0.604. The average molecular weight is 246 g/mol. The molecule has 100 valence electrons. The number of hydrogen-bond donors (Lipinski definition) is 2. The maximum absolute atomic E-state index is 11.3. The highest BCUT2D eigenvalue weighted by Crippen LogP contribution is 2.05. The number of carbonyl (C=O) groups excluding carboxylic acids is 2. The second-order valence-corrected chi connectivity index (χ2v) is 4.52. The van der Waals surface area contributed by atoms with Gasteiger partial charge in [0.15, 0.2) is 0 Å². The second-order valence-electron chi connectivity index (χ2n) is 4.52. The fraction of sp³-hybridized carbons (Fsp3) is 0.818. The Labute approximate surface area is 102 Å². The van der Waals surface area contributed by atoms with Crippen molar-refractivity contribution in [2.45, 2.75) is 26.4 Å². The molecule has 0 aromatic rings. The molecule has 0 aliphatic rings. The summed E-state index contributed by atoms with van der Waals surface area (Å²) in [6, 6.07) is 0. The van der Waals surface area contributed by atoms with Crippen LogP contribution in [0.25, 0.3) is 0 Å². The predicted molar refractivity (Wildman–Crippen MR) is 63.6 cm³/mol. The Kier molecular flexibility index (Phi) is 7.49. The van der Waals surface area contributed by atoms with Crippen molar-refractivity contribution in [1.29, 1.82) is 0 Å². The average Bonchev–Trinajstić information content (AvgIpc) is 2.23. The zero-order chi connectivity index (χ0) is 13.3. The number of carbonyl (C=O) groups is 2. The van der Waals surface area contributed by atoms with Crippen LogP contribution in [0.3, 0.4) is 0 Å². The molecular weight excluding hydrogens is 224 g/mol. The van der Waals surface area contributed by atoms with E-state index in [1.807, 2.05) is 20.8 Å². The van der Waals surface area contributed by atoms with E-state index in [4.69, 9.17) is 9.47 Å². The Morgan fingerprint density at radius 1 is 1.12 bits per heavy atom. The predicted octanol–water partition coefficient (Wildman–Crippen LogP) is -0.320. The molecule has 6 heteroatoms. The van der Waals surface area contributed by atoms with Gasteiger partial charge in [0, 0.05) is 13.7 Å². The van der Waals surface area contributed by atoms with Crippen LogP contribution in [0.1, 0.15) is 20.8 Å². The molecule has 2 N–H and O–H groups in total. The minimum atomic E-state index is -0.363. The van der Waals surface area contributed by atoms with Gasteiger partial charge >= 0.3 is 0 Å². The van der Waals surface area contributed by atoms with Gasteiger partial charge in [-0.25, -0.2) is 0 Å². The van der Waals surface area contributed by atoms with Crippen molar-refractivity contribution in [2.75, 3.05) is 33.4 Å². The summed E-state index contributed by atoms with van der Waals surface area (Å²) in [5, 5.41) is 5.06. The normalized spacial score (nSPS) is 11.1. The molecule has 0 heterocycles. The van der Waals surface area contributed by atoms with E-state index in [0.29, 0.717) is 13.2 Å². The van der Waals surface area contributed by atoms with E-state index < -0.39 is 0 Å². The highest BCUT2D eigenvalue weighted by atomic mass is 16.5. The van der Waals surface area contributed by atoms with Crippen LogP contribution in [0.5, 0.6) is 0 Å². The molecule has 0 aliphatic carbocycles. The zero-order valence-corrected chi connectivity index (χ0v) is 11.0. The van der Waals surface area contributed by atoms with Crippen molar-refractivity contribution in [3.8, 4) is 0 Å². The minimum Gasteiger partial charge on any atom is -0.383 e. The fourth-order valence-corrected chi connectivity index (χ4v) is 0.867. The Morgan fingerprint density at radius 2 is 1.76 bits per heavy atom.